The van der Waals surface area contributed by atoms with Gasteiger partial charge in [-0.05, 0) is 37.9 Å². The van der Waals surface area contributed by atoms with Gasteiger partial charge in [-0.1, -0.05) is 30.3 Å². The van der Waals surface area contributed by atoms with Gasteiger partial charge >= 0.3 is 5.97 Å². The van der Waals surface area contributed by atoms with Crippen LogP contribution in [0.4, 0.5) is 0 Å². The number of likely N-dealkylation sites (tertiary alicyclic amines) is 1. The molecule has 1 amide bonds. The smallest absolute Gasteiger partial charge is 0.329 e. The summed E-state index contributed by atoms with van der Waals surface area (Å²) in [5.74, 6) is -0.0544. The van der Waals surface area contributed by atoms with Gasteiger partial charge in [-0.3, -0.25) is 4.79 Å². The molecule has 0 saturated carbocycles. The summed E-state index contributed by atoms with van der Waals surface area (Å²) in [5.41, 5.74) is 0.954. The van der Waals surface area contributed by atoms with Crippen molar-refractivity contribution in [3.05, 3.63) is 35.9 Å². The number of nitrogens with one attached hydrogen (secondary N) is 1. The number of amides is 1. The molecule has 2 fully saturated rings. The lowest BCUT2D eigenvalue weighted by Gasteiger charge is -2.36. The van der Waals surface area contributed by atoms with Crippen LogP contribution in [0.5, 0.6) is 0 Å². The SMILES string of the molecule is CN1CCC(C[C@H]2C(=O)N[C@@H]2C(=O)OCc2ccccc2)C1. The fourth-order valence-corrected chi connectivity index (χ4v) is 3.28. The van der Waals surface area contributed by atoms with E-state index in [2.05, 4.69) is 17.3 Å². The number of ether oxygens (including phenoxy) is 1. The predicted octanol–water partition coefficient (Wildman–Crippen LogP) is 1.19. The van der Waals surface area contributed by atoms with Crippen molar-refractivity contribution in [2.45, 2.75) is 25.5 Å². The molecule has 3 rings (SSSR count). The predicted molar refractivity (Wildman–Crippen MR) is 81.9 cm³/mol. The average Bonchev–Trinajstić information content (AvgIpc) is 2.94. The minimum Gasteiger partial charge on any atom is -0.459 e. The molecule has 2 saturated heterocycles. The molecular formula is C17H22N2O3. The zero-order chi connectivity index (χ0) is 15.5. The van der Waals surface area contributed by atoms with Crippen LogP contribution in [0, 0.1) is 11.8 Å². The van der Waals surface area contributed by atoms with Crippen LogP contribution < -0.4 is 5.32 Å². The first-order valence-corrected chi connectivity index (χ1v) is 7.83. The van der Waals surface area contributed by atoms with Gasteiger partial charge in [-0.15, -0.1) is 0 Å². The lowest BCUT2D eigenvalue weighted by atomic mass is 9.82. The molecule has 2 aliphatic rings. The first-order valence-electron chi connectivity index (χ1n) is 7.83. The van der Waals surface area contributed by atoms with Crippen molar-refractivity contribution in [3.63, 3.8) is 0 Å². The van der Waals surface area contributed by atoms with Crippen molar-refractivity contribution in [1.82, 2.24) is 10.2 Å². The first kappa shape index (κ1) is 15.0. The molecule has 22 heavy (non-hydrogen) atoms. The van der Waals surface area contributed by atoms with Crippen molar-refractivity contribution in [2.75, 3.05) is 20.1 Å². The summed E-state index contributed by atoms with van der Waals surface area (Å²) >= 11 is 0. The lowest BCUT2D eigenvalue weighted by molar-refractivity contribution is -0.159. The van der Waals surface area contributed by atoms with E-state index in [0.717, 1.165) is 31.5 Å². The van der Waals surface area contributed by atoms with Gasteiger partial charge in [0.1, 0.15) is 12.6 Å². The third-order valence-electron chi connectivity index (χ3n) is 4.59. The van der Waals surface area contributed by atoms with Gasteiger partial charge in [0, 0.05) is 6.54 Å². The average molecular weight is 302 g/mol. The zero-order valence-electron chi connectivity index (χ0n) is 12.8. The standard InChI is InChI=1S/C17H22N2O3/c1-19-8-7-13(10-19)9-14-15(18-16(14)20)17(21)22-11-12-5-3-2-4-6-12/h2-6,13-15H,7-11H2,1H3,(H,18,20)/t13?,14-,15+/m1/s1. The maximum Gasteiger partial charge on any atom is 0.329 e. The van der Waals surface area contributed by atoms with Gasteiger partial charge < -0.3 is 15.0 Å². The van der Waals surface area contributed by atoms with Gasteiger partial charge in [-0.2, -0.15) is 0 Å². The molecule has 0 aliphatic carbocycles. The number of hydrogen-bond acceptors (Lipinski definition) is 4. The quantitative estimate of drug-likeness (QED) is 0.655. The Hall–Kier alpha value is -1.88. The maximum absolute atomic E-state index is 12.1. The molecule has 5 nitrogen and oxygen atoms in total. The molecule has 1 aromatic carbocycles. The van der Waals surface area contributed by atoms with Crippen LogP contribution in [0.25, 0.3) is 0 Å². The third-order valence-corrected chi connectivity index (χ3v) is 4.59. The number of rotatable bonds is 5. The first-order chi connectivity index (χ1) is 10.6. The Balaban J connectivity index is 1.50. The fraction of sp³-hybridized carbons (Fsp3) is 0.529. The largest absolute Gasteiger partial charge is 0.459 e. The summed E-state index contributed by atoms with van der Waals surface area (Å²) < 4.78 is 5.33. The Labute approximate surface area is 130 Å². The van der Waals surface area contributed by atoms with E-state index in [9.17, 15) is 9.59 Å². The molecule has 118 valence electrons. The maximum atomic E-state index is 12.1. The number of carbonyl (C=O) groups is 2. The second-order valence-corrected chi connectivity index (χ2v) is 6.34. The highest BCUT2D eigenvalue weighted by atomic mass is 16.5. The minimum absolute atomic E-state index is 0.0174. The number of β-lactam (4-membered cyclic amide) rings is 1. The third kappa shape index (κ3) is 3.30. The lowest BCUT2D eigenvalue weighted by Crippen LogP contribution is -2.62. The second-order valence-electron chi connectivity index (χ2n) is 6.34. The van der Waals surface area contributed by atoms with Crippen LogP contribution in [-0.2, 0) is 20.9 Å². The van der Waals surface area contributed by atoms with E-state index in [1.54, 1.807) is 0 Å². The molecule has 0 spiro atoms. The van der Waals surface area contributed by atoms with E-state index in [1.165, 1.54) is 0 Å². The summed E-state index contributed by atoms with van der Waals surface area (Å²) in [6.07, 6.45) is 1.88. The van der Waals surface area contributed by atoms with Crippen LogP contribution in [0.3, 0.4) is 0 Å². The normalized spacial score (nSPS) is 28.0. The number of hydrogen-bond donors (Lipinski definition) is 1. The van der Waals surface area contributed by atoms with Crippen LogP contribution in [-0.4, -0.2) is 43.0 Å². The highest BCUT2D eigenvalue weighted by molar-refractivity contribution is 5.97. The van der Waals surface area contributed by atoms with Crippen molar-refractivity contribution in [2.24, 2.45) is 11.8 Å². The Morgan fingerprint density at radius 3 is 2.77 bits per heavy atom. The summed E-state index contributed by atoms with van der Waals surface area (Å²) in [7, 11) is 2.09. The van der Waals surface area contributed by atoms with Gasteiger partial charge in [0.05, 0.1) is 5.92 Å². The molecule has 1 unspecified atom stereocenters. The summed E-state index contributed by atoms with van der Waals surface area (Å²) in [4.78, 5) is 26.2. The van der Waals surface area contributed by atoms with Crippen molar-refractivity contribution >= 4 is 11.9 Å². The number of esters is 1. The summed E-state index contributed by atoms with van der Waals surface area (Å²) in [5, 5.41) is 2.69. The molecular weight excluding hydrogens is 280 g/mol. The van der Waals surface area contributed by atoms with E-state index in [0.29, 0.717) is 5.92 Å². The van der Waals surface area contributed by atoms with Gasteiger partial charge in [0.25, 0.3) is 0 Å². The summed E-state index contributed by atoms with van der Waals surface area (Å²) in [6.45, 7) is 2.34. The van der Waals surface area contributed by atoms with Crippen LogP contribution in [0.2, 0.25) is 0 Å². The zero-order valence-corrected chi connectivity index (χ0v) is 12.8. The number of nitrogens with zero attached hydrogens (tertiary/aromatic N) is 1. The van der Waals surface area contributed by atoms with E-state index in [1.807, 2.05) is 30.3 Å². The van der Waals surface area contributed by atoms with E-state index >= 15 is 0 Å². The van der Waals surface area contributed by atoms with Crippen LogP contribution in [0.1, 0.15) is 18.4 Å². The van der Waals surface area contributed by atoms with Gasteiger partial charge in [0.15, 0.2) is 0 Å². The van der Waals surface area contributed by atoms with Crippen molar-refractivity contribution < 1.29 is 14.3 Å². The molecule has 0 bridgehead atoms. The van der Waals surface area contributed by atoms with Crippen LogP contribution >= 0.6 is 0 Å². The van der Waals surface area contributed by atoms with E-state index in [-0.39, 0.29) is 24.4 Å². The van der Waals surface area contributed by atoms with Crippen LogP contribution in [0.15, 0.2) is 30.3 Å². The Kier molecular flexibility index (Phi) is 4.43. The summed E-state index contributed by atoms with van der Waals surface area (Å²) in [6, 6.07) is 9.10. The highest BCUT2D eigenvalue weighted by Crippen LogP contribution is 2.29. The molecule has 1 aromatic rings. The number of benzene rings is 1. The van der Waals surface area contributed by atoms with Gasteiger partial charge in [0.2, 0.25) is 5.91 Å². The molecule has 5 heteroatoms. The molecule has 2 heterocycles. The molecule has 0 radical (unpaired) electrons. The Bertz CT molecular complexity index is 546. The molecule has 0 aromatic heterocycles. The monoisotopic (exact) mass is 302 g/mol. The molecule has 2 aliphatic heterocycles. The highest BCUT2D eigenvalue weighted by Gasteiger charge is 2.46. The second kappa shape index (κ2) is 6.48. The molecule has 1 N–H and O–H groups in total. The molecule has 3 atom stereocenters. The minimum atomic E-state index is -0.470. The Morgan fingerprint density at radius 1 is 1.36 bits per heavy atom. The Morgan fingerprint density at radius 2 is 2.14 bits per heavy atom. The van der Waals surface area contributed by atoms with E-state index < -0.39 is 6.04 Å². The van der Waals surface area contributed by atoms with Crippen molar-refractivity contribution in [3.8, 4) is 0 Å². The topological polar surface area (TPSA) is 58.6 Å². The number of carbonyl (C=O) groups excluding carboxylic acids is 2. The van der Waals surface area contributed by atoms with E-state index in [4.69, 9.17) is 4.74 Å². The fourth-order valence-electron chi connectivity index (χ4n) is 3.28. The van der Waals surface area contributed by atoms with Gasteiger partial charge in [-0.25, -0.2) is 4.79 Å². The van der Waals surface area contributed by atoms with Crippen molar-refractivity contribution in [1.29, 1.82) is 0 Å².